The number of hydrogen-bond donors (Lipinski definition) is 2. The molecule has 0 unspecified atom stereocenters. The summed E-state index contributed by atoms with van der Waals surface area (Å²) in [7, 11) is 0. The Morgan fingerprint density at radius 2 is 2.00 bits per heavy atom. The van der Waals surface area contributed by atoms with Gasteiger partial charge >= 0.3 is 5.97 Å². The molecule has 9 heavy (non-hydrogen) atoms. The van der Waals surface area contributed by atoms with Gasteiger partial charge in [0, 0.05) is 0 Å². The first-order valence-corrected chi connectivity index (χ1v) is 2.25. The first kappa shape index (κ1) is 7.84. The molecule has 0 saturated heterocycles. The molecule has 0 rings (SSSR count). The molecule has 0 amide bonds. The zero-order chi connectivity index (χ0) is 7.44. The number of hydrogen-bond acceptors (Lipinski definition) is 3. The van der Waals surface area contributed by atoms with Gasteiger partial charge in [0.1, 0.15) is 0 Å². The SMILES string of the molecule is C=C(C(=O)O)C(=O)CN. The summed E-state index contributed by atoms with van der Waals surface area (Å²) in [6.45, 7) is 2.70. The standard InChI is InChI=1S/C5H7NO3/c1-3(5(8)9)4(7)2-6/h1-2,6H2,(H,8,9). The van der Waals surface area contributed by atoms with Gasteiger partial charge in [-0.15, -0.1) is 0 Å². The number of carboxylic acid groups (broad SMARTS) is 1. The number of carbonyl (C=O) groups excluding carboxylic acids is 1. The number of carboxylic acids is 1. The number of nitrogens with two attached hydrogens (primary N) is 1. The minimum Gasteiger partial charge on any atom is -0.478 e. The van der Waals surface area contributed by atoms with Crippen LogP contribution in [0.5, 0.6) is 0 Å². The first-order valence-electron chi connectivity index (χ1n) is 2.25. The molecule has 0 aliphatic rings. The van der Waals surface area contributed by atoms with Crippen molar-refractivity contribution in [1.29, 1.82) is 0 Å². The van der Waals surface area contributed by atoms with Gasteiger partial charge in [-0.1, -0.05) is 6.58 Å². The highest BCUT2D eigenvalue weighted by Gasteiger charge is 2.10. The number of ketones is 1. The molecule has 4 heteroatoms. The van der Waals surface area contributed by atoms with Crippen LogP contribution in [0.2, 0.25) is 0 Å². The Morgan fingerprint density at radius 1 is 1.56 bits per heavy atom. The minimum atomic E-state index is -1.31. The molecule has 0 aliphatic heterocycles. The van der Waals surface area contributed by atoms with Crippen LogP contribution in [-0.4, -0.2) is 23.4 Å². The largest absolute Gasteiger partial charge is 0.478 e. The third-order valence-corrected chi connectivity index (χ3v) is 0.780. The fourth-order valence-electron chi connectivity index (χ4n) is 0.242. The molecular weight excluding hydrogens is 122 g/mol. The van der Waals surface area contributed by atoms with Crippen LogP contribution in [0, 0.1) is 0 Å². The highest BCUT2D eigenvalue weighted by atomic mass is 16.4. The summed E-state index contributed by atoms with van der Waals surface area (Å²) in [5.74, 6) is -1.95. The number of Topliss-reactive ketones (excluding diaryl/α,β-unsaturated/α-hetero) is 1. The molecule has 0 aromatic carbocycles. The normalized spacial score (nSPS) is 8.56. The second-order valence-corrected chi connectivity index (χ2v) is 1.41. The lowest BCUT2D eigenvalue weighted by atomic mass is 10.2. The molecule has 0 aliphatic carbocycles. The zero-order valence-corrected chi connectivity index (χ0v) is 4.76. The molecule has 0 saturated carbocycles. The molecule has 0 radical (unpaired) electrons. The average Bonchev–Trinajstić information content (AvgIpc) is 1.84. The van der Waals surface area contributed by atoms with Gasteiger partial charge in [0.2, 0.25) is 0 Å². The van der Waals surface area contributed by atoms with E-state index in [2.05, 4.69) is 6.58 Å². The van der Waals surface area contributed by atoms with Gasteiger partial charge in [-0.25, -0.2) is 4.79 Å². The van der Waals surface area contributed by atoms with Crippen molar-refractivity contribution >= 4 is 11.8 Å². The Balaban J connectivity index is 4.05. The third kappa shape index (κ3) is 2.05. The van der Waals surface area contributed by atoms with Crippen molar-refractivity contribution in [2.45, 2.75) is 0 Å². The summed E-state index contributed by atoms with van der Waals surface area (Å²) < 4.78 is 0. The van der Waals surface area contributed by atoms with Gasteiger partial charge < -0.3 is 10.8 Å². The fourth-order valence-corrected chi connectivity index (χ4v) is 0.242. The monoisotopic (exact) mass is 129 g/mol. The van der Waals surface area contributed by atoms with Crippen molar-refractivity contribution in [3.8, 4) is 0 Å². The van der Waals surface area contributed by atoms with E-state index in [0.717, 1.165) is 0 Å². The van der Waals surface area contributed by atoms with Crippen LogP contribution in [0.3, 0.4) is 0 Å². The number of carbonyl (C=O) groups is 2. The van der Waals surface area contributed by atoms with E-state index >= 15 is 0 Å². The van der Waals surface area contributed by atoms with Gasteiger partial charge in [-0.2, -0.15) is 0 Å². The average molecular weight is 129 g/mol. The van der Waals surface area contributed by atoms with Crippen LogP contribution in [0.15, 0.2) is 12.2 Å². The molecule has 0 aromatic rings. The molecule has 0 aromatic heterocycles. The Kier molecular flexibility index (Phi) is 2.60. The van der Waals surface area contributed by atoms with E-state index in [1.165, 1.54) is 0 Å². The summed E-state index contributed by atoms with van der Waals surface area (Å²) >= 11 is 0. The molecule has 3 N–H and O–H groups in total. The van der Waals surface area contributed by atoms with Crippen LogP contribution >= 0.6 is 0 Å². The van der Waals surface area contributed by atoms with Crippen molar-refractivity contribution < 1.29 is 14.7 Å². The molecule has 0 fully saturated rings. The van der Waals surface area contributed by atoms with Crippen molar-refractivity contribution in [2.24, 2.45) is 5.73 Å². The molecule has 0 atom stereocenters. The first-order chi connectivity index (χ1) is 4.09. The van der Waals surface area contributed by atoms with Crippen molar-refractivity contribution in [3.05, 3.63) is 12.2 Å². The molecule has 0 bridgehead atoms. The van der Waals surface area contributed by atoms with E-state index < -0.39 is 17.3 Å². The van der Waals surface area contributed by atoms with Crippen molar-refractivity contribution in [1.82, 2.24) is 0 Å². The minimum absolute atomic E-state index is 0.300. The zero-order valence-electron chi connectivity index (χ0n) is 4.76. The van der Waals surface area contributed by atoms with Crippen LogP contribution < -0.4 is 5.73 Å². The summed E-state index contributed by atoms with van der Waals surface area (Å²) in [6.07, 6.45) is 0. The van der Waals surface area contributed by atoms with E-state index in [9.17, 15) is 9.59 Å². The quantitative estimate of drug-likeness (QED) is 0.295. The predicted octanol–water partition coefficient (Wildman–Crippen LogP) is -0.845. The Hall–Kier alpha value is -1.16. The van der Waals surface area contributed by atoms with E-state index in [1.807, 2.05) is 0 Å². The second-order valence-electron chi connectivity index (χ2n) is 1.41. The van der Waals surface area contributed by atoms with Crippen LogP contribution in [0.1, 0.15) is 0 Å². The van der Waals surface area contributed by atoms with Crippen LogP contribution in [-0.2, 0) is 9.59 Å². The fraction of sp³-hybridized carbons (Fsp3) is 0.200. The maximum atomic E-state index is 10.3. The Labute approximate surface area is 52.0 Å². The lowest BCUT2D eigenvalue weighted by Crippen LogP contribution is -2.19. The summed E-state index contributed by atoms with van der Waals surface area (Å²) in [4.78, 5) is 20.3. The lowest BCUT2D eigenvalue weighted by molar-refractivity contribution is -0.134. The van der Waals surface area contributed by atoms with Gasteiger partial charge in [0.15, 0.2) is 5.78 Å². The second kappa shape index (κ2) is 2.99. The van der Waals surface area contributed by atoms with E-state index in [4.69, 9.17) is 10.8 Å². The van der Waals surface area contributed by atoms with Crippen LogP contribution in [0.25, 0.3) is 0 Å². The third-order valence-electron chi connectivity index (χ3n) is 0.780. The van der Waals surface area contributed by atoms with E-state index in [1.54, 1.807) is 0 Å². The topological polar surface area (TPSA) is 80.4 Å². The molecular formula is C5H7NO3. The molecule has 0 spiro atoms. The summed E-state index contributed by atoms with van der Waals surface area (Å²) in [5, 5.41) is 8.11. The number of rotatable bonds is 3. The summed E-state index contributed by atoms with van der Waals surface area (Å²) in [6, 6.07) is 0. The number of aliphatic carboxylic acids is 1. The summed E-state index contributed by atoms with van der Waals surface area (Å²) in [5.41, 5.74) is 4.38. The van der Waals surface area contributed by atoms with Gasteiger partial charge in [0.25, 0.3) is 0 Å². The van der Waals surface area contributed by atoms with E-state index in [-0.39, 0.29) is 6.54 Å². The lowest BCUT2D eigenvalue weighted by Gasteiger charge is -1.92. The highest BCUT2D eigenvalue weighted by molar-refractivity contribution is 6.16. The maximum absolute atomic E-state index is 10.3. The maximum Gasteiger partial charge on any atom is 0.338 e. The smallest absolute Gasteiger partial charge is 0.338 e. The van der Waals surface area contributed by atoms with Crippen LogP contribution in [0.4, 0.5) is 0 Å². The van der Waals surface area contributed by atoms with Crippen molar-refractivity contribution in [3.63, 3.8) is 0 Å². The molecule has 0 heterocycles. The Bertz CT molecular complexity index is 162. The van der Waals surface area contributed by atoms with E-state index in [0.29, 0.717) is 0 Å². The van der Waals surface area contributed by atoms with Gasteiger partial charge in [0.05, 0.1) is 12.1 Å². The highest BCUT2D eigenvalue weighted by Crippen LogP contribution is 1.88. The molecule has 50 valence electrons. The predicted molar refractivity (Wildman–Crippen MR) is 30.8 cm³/mol. The van der Waals surface area contributed by atoms with Gasteiger partial charge in [-0.05, 0) is 0 Å². The van der Waals surface area contributed by atoms with Crippen molar-refractivity contribution in [2.75, 3.05) is 6.54 Å². The Morgan fingerprint density at radius 3 is 2.11 bits per heavy atom. The van der Waals surface area contributed by atoms with Gasteiger partial charge in [-0.3, -0.25) is 4.79 Å². The molecule has 4 nitrogen and oxygen atoms in total.